The van der Waals surface area contributed by atoms with E-state index in [4.69, 9.17) is 13.8 Å². The summed E-state index contributed by atoms with van der Waals surface area (Å²) in [5.41, 5.74) is 7.42. The topological polar surface area (TPSA) is 44.1 Å². The first kappa shape index (κ1) is 22.8. The fourth-order valence-electron chi connectivity index (χ4n) is 6.97. The first-order valence-electron chi connectivity index (χ1n) is 14.5. The minimum absolute atomic E-state index is 0.585. The lowest BCUT2D eigenvalue weighted by Crippen LogP contribution is -1.95. The van der Waals surface area contributed by atoms with Crippen LogP contribution in [0.1, 0.15) is 0 Å². The summed E-state index contributed by atoms with van der Waals surface area (Å²) in [6.07, 6.45) is 0. The van der Waals surface area contributed by atoms with E-state index in [1.165, 1.54) is 21.5 Å². The molecule has 0 radical (unpaired) electrons. The Labute approximate surface area is 245 Å². The van der Waals surface area contributed by atoms with Crippen LogP contribution >= 0.6 is 0 Å². The average molecular weight is 551 g/mol. The molecular formula is C39H22N2O2. The van der Waals surface area contributed by atoms with E-state index < -0.39 is 0 Å². The second kappa shape index (κ2) is 8.34. The number of fused-ring (bicyclic) bond motifs is 11. The lowest BCUT2D eigenvalue weighted by Gasteiger charge is -2.11. The Hall–Kier alpha value is -5.87. The molecule has 0 spiro atoms. The Morgan fingerprint density at radius 1 is 0.465 bits per heavy atom. The maximum absolute atomic E-state index is 6.85. The number of para-hydroxylation sites is 3. The molecule has 0 bridgehead atoms. The van der Waals surface area contributed by atoms with Crippen LogP contribution in [0.5, 0.6) is 0 Å². The van der Waals surface area contributed by atoms with E-state index >= 15 is 0 Å². The molecule has 0 saturated heterocycles. The van der Waals surface area contributed by atoms with Crippen LogP contribution in [0, 0.1) is 0 Å². The highest BCUT2D eigenvalue weighted by molar-refractivity contribution is 6.25. The molecule has 7 aromatic carbocycles. The Bertz CT molecular complexity index is 2710. The summed E-state index contributed by atoms with van der Waals surface area (Å²) in [6.45, 7) is 0. The number of aromatic nitrogens is 2. The molecule has 43 heavy (non-hydrogen) atoms. The number of rotatable bonds is 2. The molecule has 4 nitrogen and oxygen atoms in total. The van der Waals surface area contributed by atoms with Crippen molar-refractivity contribution in [3.63, 3.8) is 0 Å². The molecule has 10 rings (SSSR count). The van der Waals surface area contributed by atoms with Crippen molar-refractivity contribution < 1.29 is 8.83 Å². The minimum atomic E-state index is 0.585. The van der Waals surface area contributed by atoms with Crippen molar-refractivity contribution in [3.8, 4) is 17.1 Å². The molecule has 3 heterocycles. The highest BCUT2D eigenvalue weighted by Gasteiger charge is 2.24. The van der Waals surface area contributed by atoms with E-state index in [0.29, 0.717) is 5.89 Å². The van der Waals surface area contributed by atoms with Crippen molar-refractivity contribution in [1.82, 2.24) is 9.55 Å². The third-order valence-corrected chi connectivity index (χ3v) is 8.82. The van der Waals surface area contributed by atoms with Crippen LogP contribution in [-0.4, -0.2) is 9.55 Å². The molecular weight excluding hydrogens is 528 g/mol. The molecule has 0 aliphatic rings. The predicted molar refractivity (Wildman–Crippen MR) is 176 cm³/mol. The third kappa shape index (κ3) is 3.07. The van der Waals surface area contributed by atoms with Gasteiger partial charge in [-0.05, 0) is 64.0 Å². The van der Waals surface area contributed by atoms with E-state index in [0.717, 1.165) is 66.1 Å². The van der Waals surface area contributed by atoms with Crippen molar-refractivity contribution in [2.24, 2.45) is 0 Å². The zero-order valence-corrected chi connectivity index (χ0v) is 22.9. The van der Waals surface area contributed by atoms with E-state index in [9.17, 15) is 0 Å². The monoisotopic (exact) mass is 550 g/mol. The van der Waals surface area contributed by atoms with Crippen molar-refractivity contribution in [2.45, 2.75) is 0 Å². The van der Waals surface area contributed by atoms with Crippen LogP contribution in [0.15, 0.2) is 142 Å². The molecule has 0 amide bonds. The smallest absolute Gasteiger partial charge is 0.228 e. The van der Waals surface area contributed by atoms with Gasteiger partial charge in [0, 0.05) is 27.1 Å². The van der Waals surface area contributed by atoms with Gasteiger partial charge in [0.2, 0.25) is 5.89 Å². The van der Waals surface area contributed by atoms with E-state index in [1.807, 2.05) is 24.3 Å². The second-order valence-corrected chi connectivity index (χ2v) is 11.1. The molecule has 0 N–H and O–H groups in total. The summed E-state index contributed by atoms with van der Waals surface area (Å²) in [5, 5.41) is 9.30. The quantitative estimate of drug-likeness (QED) is 0.215. The molecule has 3 aromatic heterocycles. The van der Waals surface area contributed by atoms with Crippen LogP contribution in [-0.2, 0) is 0 Å². The summed E-state index contributed by atoms with van der Waals surface area (Å²) < 4.78 is 15.5. The molecule has 0 fully saturated rings. The maximum Gasteiger partial charge on any atom is 0.228 e. The zero-order valence-electron chi connectivity index (χ0n) is 22.9. The Morgan fingerprint density at radius 2 is 1.16 bits per heavy atom. The Morgan fingerprint density at radius 3 is 2.00 bits per heavy atom. The summed E-state index contributed by atoms with van der Waals surface area (Å²) in [4.78, 5) is 4.91. The molecule has 0 saturated carbocycles. The van der Waals surface area contributed by atoms with Gasteiger partial charge in [-0.2, -0.15) is 0 Å². The lowest BCUT2D eigenvalue weighted by atomic mass is 10.00. The highest BCUT2D eigenvalue weighted by atomic mass is 16.3. The number of hydrogen-bond acceptors (Lipinski definition) is 3. The third-order valence-electron chi connectivity index (χ3n) is 8.82. The standard InChI is InChI=1S/C39H22N2O2/c1-3-11-25-23(9-1)17-20-31-35(25)27-13-5-7-15-30(27)41(31)32-21-19-28(39-40-29-14-6-8-16-33(29)43-39)37-36-26-12-4-2-10-24(26)18-22-34(36)42-38(32)37/h1-22H. The summed E-state index contributed by atoms with van der Waals surface area (Å²) >= 11 is 0. The van der Waals surface area contributed by atoms with Gasteiger partial charge in [0.05, 0.1) is 16.7 Å². The molecule has 0 atom stereocenters. The first-order valence-corrected chi connectivity index (χ1v) is 14.5. The van der Waals surface area contributed by atoms with Gasteiger partial charge < -0.3 is 13.4 Å². The SMILES string of the molecule is c1ccc2c(c1)ccc1oc3c(-n4c5ccccc5c5c6ccccc6ccc54)ccc(-c4nc5ccccc5o4)c3c12. The molecule has 4 heteroatoms. The van der Waals surface area contributed by atoms with Crippen molar-refractivity contribution in [2.75, 3.05) is 0 Å². The molecule has 10 aromatic rings. The predicted octanol–water partition coefficient (Wildman–Crippen LogP) is 10.8. The fourth-order valence-corrected chi connectivity index (χ4v) is 6.97. The first-order chi connectivity index (χ1) is 21.3. The van der Waals surface area contributed by atoms with Gasteiger partial charge in [-0.15, -0.1) is 0 Å². The van der Waals surface area contributed by atoms with Crippen molar-refractivity contribution in [3.05, 3.63) is 133 Å². The normalized spacial score (nSPS) is 12.2. The number of oxazole rings is 1. The van der Waals surface area contributed by atoms with Gasteiger partial charge in [-0.25, -0.2) is 4.98 Å². The van der Waals surface area contributed by atoms with Crippen molar-refractivity contribution >= 4 is 76.4 Å². The summed E-state index contributed by atoms with van der Waals surface area (Å²) in [7, 11) is 0. The van der Waals surface area contributed by atoms with Crippen LogP contribution in [0.4, 0.5) is 0 Å². The van der Waals surface area contributed by atoms with Crippen LogP contribution in [0.2, 0.25) is 0 Å². The maximum atomic E-state index is 6.85. The largest absolute Gasteiger partial charge is 0.454 e. The van der Waals surface area contributed by atoms with E-state index in [-0.39, 0.29) is 0 Å². The second-order valence-electron chi connectivity index (χ2n) is 11.1. The van der Waals surface area contributed by atoms with Crippen molar-refractivity contribution in [1.29, 1.82) is 0 Å². The van der Waals surface area contributed by atoms with Crippen LogP contribution < -0.4 is 0 Å². The summed E-state index contributed by atoms with van der Waals surface area (Å²) in [5.74, 6) is 0.585. The van der Waals surface area contributed by atoms with Gasteiger partial charge in [0.1, 0.15) is 11.1 Å². The van der Waals surface area contributed by atoms with E-state index in [1.54, 1.807) is 0 Å². The molecule has 0 aliphatic heterocycles. The lowest BCUT2D eigenvalue weighted by molar-refractivity contribution is 0.620. The summed E-state index contributed by atoms with van der Waals surface area (Å²) in [6, 6.07) is 46.6. The van der Waals surface area contributed by atoms with Gasteiger partial charge in [0.15, 0.2) is 11.2 Å². The zero-order chi connectivity index (χ0) is 28.1. The number of benzene rings is 7. The van der Waals surface area contributed by atoms with Gasteiger partial charge in [-0.3, -0.25) is 0 Å². The van der Waals surface area contributed by atoms with Crippen LogP contribution in [0.3, 0.4) is 0 Å². The Balaban J connectivity index is 1.40. The van der Waals surface area contributed by atoms with Crippen LogP contribution in [0.25, 0.3) is 93.5 Å². The Kier molecular flexibility index (Phi) is 4.42. The molecule has 0 unspecified atom stereocenters. The number of furan rings is 1. The van der Waals surface area contributed by atoms with Gasteiger partial charge in [-0.1, -0.05) is 91.0 Å². The number of nitrogens with zero attached hydrogens (tertiary/aromatic N) is 2. The highest BCUT2D eigenvalue weighted by Crippen LogP contribution is 2.45. The van der Waals surface area contributed by atoms with Gasteiger partial charge >= 0.3 is 0 Å². The number of hydrogen-bond donors (Lipinski definition) is 0. The van der Waals surface area contributed by atoms with Gasteiger partial charge in [0.25, 0.3) is 0 Å². The average Bonchev–Trinajstić information content (AvgIpc) is 3.76. The molecule has 200 valence electrons. The fraction of sp³-hybridized carbons (Fsp3) is 0. The van der Waals surface area contributed by atoms with E-state index in [2.05, 4.69) is 114 Å². The molecule has 0 aliphatic carbocycles. The minimum Gasteiger partial charge on any atom is -0.454 e.